The van der Waals surface area contributed by atoms with Crippen molar-refractivity contribution in [3.63, 3.8) is 0 Å². The third kappa shape index (κ3) is 2.19. The fourth-order valence-electron chi connectivity index (χ4n) is 3.21. The highest BCUT2D eigenvalue weighted by Gasteiger charge is 2.27. The quantitative estimate of drug-likeness (QED) is 0.899. The van der Waals surface area contributed by atoms with Gasteiger partial charge in [0.15, 0.2) is 11.5 Å². The van der Waals surface area contributed by atoms with Crippen molar-refractivity contribution in [3.8, 4) is 0 Å². The molecule has 1 fully saturated rings. The summed E-state index contributed by atoms with van der Waals surface area (Å²) in [6.07, 6.45) is 6.85. The van der Waals surface area contributed by atoms with Crippen LogP contribution in [0.1, 0.15) is 32.6 Å². The van der Waals surface area contributed by atoms with Gasteiger partial charge in [0.1, 0.15) is 5.52 Å². The number of anilines is 2. The van der Waals surface area contributed by atoms with E-state index in [0.29, 0.717) is 17.9 Å². The molecule has 2 N–H and O–H groups in total. The minimum atomic E-state index is 0.537. The molecule has 108 valence electrons. The molecule has 0 saturated heterocycles. The number of fused-ring (bicyclic) bond motifs is 1. The molecule has 2 aromatic rings. The summed E-state index contributed by atoms with van der Waals surface area (Å²) in [5, 5.41) is 3.02. The second kappa shape index (κ2) is 5.26. The standard InChI is InChI=1S/C14H22N6/c1-9-6-4-5-7-10(9)20(3)13-11-12(17-8-16-11)18-14(15-2)19-13/h8-10H,4-7H2,1-3H3,(H2,15,16,17,18,19). The van der Waals surface area contributed by atoms with Crippen molar-refractivity contribution in [2.45, 2.75) is 38.6 Å². The molecule has 1 saturated carbocycles. The smallest absolute Gasteiger partial charge is 0.226 e. The monoisotopic (exact) mass is 274 g/mol. The van der Waals surface area contributed by atoms with Crippen molar-refractivity contribution in [2.24, 2.45) is 5.92 Å². The molecule has 0 aromatic carbocycles. The Morgan fingerprint density at radius 3 is 2.85 bits per heavy atom. The van der Waals surface area contributed by atoms with Gasteiger partial charge in [0.25, 0.3) is 0 Å². The summed E-state index contributed by atoms with van der Waals surface area (Å²) in [6, 6.07) is 0.537. The van der Waals surface area contributed by atoms with E-state index >= 15 is 0 Å². The Balaban J connectivity index is 2.01. The Hall–Kier alpha value is -1.85. The third-order valence-electron chi connectivity index (χ3n) is 4.39. The summed E-state index contributed by atoms with van der Waals surface area (Å²) in [7, 11) is 3.97. The van der Waals surface area contributed by atoms with Gasteiger partial charge in [0, 0.05) is 20.1 Å². The molecular formula is C14H22N6. The number of hydrogen-bond acceptors (Lipinski definition) is 5. The van der Waals surface area contributed by atoms with Crippen LogP contribution in [0.3, 0.4) is 0 Å². The van der Waals surface area contributed by atoms with Gasteiger partial charge in [-0.05, 0) is 18.8 Å². The van der Waals surface area contributed by atoms with Crippen molar-refractivity contribution < 1.29 is 0 Å². The van der Waals surface area contributed by atoms with Crippen LogP contribution in [0.25, 0.3) is 11.2 Å². The second-order valence-electron chi connectivity index (χ2n) is 5.66. The average molecular weight is 274 g/mol. The van der Waals surface area contributed by atoms with E-state index in [4.69, 9.17) is 0 Å². The van der Waals surface area contributed by atoms with Gasteiger partial charge in [-0.1, -0.05) is 19.8 Å². The summed E-state index contributed by atoms with van der Waals surface area (Å²) in [5.41, 5.74) is 1.64. The number of aromatic amines is 1. The van der Waals surface area contributed by atoms with E-state index in [0.717, 1.165) is 17.0 Å². The topological polar surface area (TPSA) is 69.7 Å². The maximum atomic E-state index is 4.63. The molecule has 2 atom stereocenters. The Morgan fingerprint density at radius 1 is 1.30 bits per heavy atom. The first kappa shape index (κ1) is 13.1. The van der Waals surface area contributed by atoms with Gasteiger partial charge in [0.2, 0.25) is 5.95 Å². The van der Waals surface area contributed by atoms with Gasteiger partial charge in [-0.2, -0.15) is 9.97 Å². The summed E-state index contributed by atoms with van der Waals surface area (Å²) < 4.78 is 0. The Bertz CT molecular complexity index is 592. The number of imidazole rings is 1. The van der Waals surface area contributed by atoms with Crippen LogP contribution >= 0.6 is 0 Å². The lowest BCUT2D eigenvalue weighted by Crippen LogP contribution is -2.39. The predicted molar refractivity (Wildman–Crippen MR) is 81.1 cm³/mol. The van der Waals surface area contributed by atoms with Gasteiger partial charge in [-0.25, -0.2) is 4.98 Å². The summed E-state index contributed by atoms with van der Waals surface area (Å²) >= 11 is 0. The Labute approximate surface area is 119 Å². The maximum absolute atomic E-state index is 4.63. The molecule has 2 aromatic heterocycles. The van der Waals surface area contributed by atoms with Crippen LogP contribution in [0.2, 0.25) is 0 Å². The molecule has 1 aliphatic rings. The van der Waals surface area contributed by atoms with Crippen LogP contribution in [0.15, 0.2) is 6.33 Å². The van der Waals surface area contributed by atoms with Crippen molar-refractivity contribution in [1.82, 2.24) is 19.9 Å². The van der Waals surface area contributed by atoms with Gasteiger partial charge >= 0.3 is 0 Å². The van der Waals surface area contributed by atoms with E-state index in [-0.39, 0.29) is 0 Å². The van der Waals surface area contributed by atoms with Crippen LogP contribution in [0.4, 0.5) is 11.8 Å². The molecule has 3 rings (SSSR count). The number of nitrogens with one attached hydrogen (secondary N) is 2. The van der Waals surface area contributed by atoms with E-state index in [2.05, 4.69) is 44.1 Å². The average Bonchev–Trinajstić information content (AvgIpc) is 2.94. The van der Waals surface area contributed by atoms with Crippen molar-refractivity contribution >= 4 is 22.9 Å². The molecule has 6 heteroatoms. The largest absolute Gasteiger partial charge is 0.357 e. The zero-order chi connectivity index (χ0) is 14.1. The van der Waals surface area contributed by atoms with Crippen molar-refractivity contribution in [3.05, 3.63) is 6.33 Å². The first-order chi connectivity index (χ1) is 9.70. The van der Waals surface area contributed by atoms with Crippen LogP contribution < -0.4 is 10.2 Å². The molecule has 0 radical (unpaired) electrons. The molecule has 2 unspecified atom stereocenters. The van der Waals surface area contributed by atoms with Gasteiger partial charge in [0.05, 0.1) is 6.33 Å². The van der Waals surface area contributed by atoms with E-state index in [9.17, 15) is 0 Å². The first-order valence-corrected chi connectivity index (χ1v) is 7.32. The van der Waals surface area contributed by atoms with Crippen LogP contribution in [-0.2, 0) is 0 Å². The van der Waals surface area contributed by atoms with Gasteiger partial charge in [-0.15, -0.1) is 0 Å². The number of hydrogen-bond donors (Lipinski definition) is 2. The zero-order valence-corrected chi connectivity index (χ0v) is 12.3. The highest BCUT2D eigenvalue weighted by atomic mass is 15.3. The summed E-state index contributed by atoms with van der Waals surface area (Å²) in [4.78, 5) is 18.7. The predicted octanol–water partition coefficient (Wildman–Crippen LogP) is 2.41. The highest BCUT2D eigenvalue weighted by Crippen LogP contribution is 2.32. The van der Waals surface area contributed by atoms with Gasteiger partial charge in [-0.3, -0.25) is 0 Å². The molecule has 1 aliphatic carbocycles. The maximum Gasteiger partial charge on any atom is 0.226 e. The molecule has 6 nitrogen and oxygen atoms in total. The molecule has 0 amide bonds. The Morgan fingerprint density at radius 2 is 2.10 bits per heavy atom. The molecule has 0 spiro atoms. The number of nitrogens with zero attached hydrogens (tertiary/aromatic N) is 4. The molecule has 20 heavy (non-hydrogen) atoms. The normalized spacial score (nSPS) is 22.9. The van der Waals surface area contributed by atoms with E-state index in [1.807, 2.05) is 7.05 Å². The van der Waals surface area contributed by atoms with Crippen LogP contribution in [0.5, 0.6) is 0 Å². The molecule has 0 aliphatic heterocycles. The summed E-state index contributed by atoms with van der Waals surface area (Å²) in [5.74, 6) is 2.25. The van der Waals surface area contributed by atoms with Crippen molar-refractivity contribution in [2.75, 3.05) is 24.3 Å². The minimum Gasteiger partial charge on any atom is -0.357 e. The van der Waals surface area contributed by atoms with Crippen LogP contribution in [-0.4, -0.2) is 40.1 Å². The highest BCUT2D eigenvalue weighted by molar-refractivity contribution is 5.84. The third-order valence-corrected chi connectivity index (χ3v) is 4.39. The van der Waals surface area contributed by atoms with Gasteiger partial charge < -0.3 is 15.2 Å². The fraction of sp³-hybridized carbons (Fsp3) is 0.643. The van der Waals surface area contributed by atoms with E-state index in [1.165, 1.54) is 25.7 Å². The lowest BCUT2D eigenvalue weighted by atomic mass is 9.85. The molecular weight excluding hydrogens is 252 g/mol. The van der Waals surface area contributed by atoms with E-state index in [1.54, 1.807) is 6.33 Å². The van der Waals surface area contributed by atoms with Crippen LogP contribution in [0, 0.1) is 5.92 Å². The fourth-order valence-corrected chi connectivity index (χ4v) is 3.21. The minimum absolute atomic E-state index is 0.537. The Kier molecular flexibility index (Phi) is 3.46. The summed E-state index contributed by atoms with van der Waals surface area (Å²) in [6.45, 7) is 2.34. The van der Waals surface area contributed by atoms with E-state index < -0.39 is 0 Å². The zero-order valence-electron chi connectivity index (χ0n) is 12.3. The lowest BCUT2D eigenvalue weighted by molar-refractivity contribution is 0.321. The SMILES string of the molecule is CNc1nc(N(C)C2CCCCC2C)c2[nH]cnc2n1. The number of aromatic nitrogens is 4. The molecule has 0 bridgehead atoms. The first-order valence-electron chi connectivity index (χ1n) is 7.32. The molecule has 2 heterocycles. The lowest BCUT2D eigenvalue weighted by Gasteiger charge is -2.37. The number of rotatable bonds is 3. The number of H-pyrrole nitrogens is 1. The second-order valence-corrected chi connectivity index (χ2v) is 5.66. The van der Waals surface area contributed by atoms with Crippen molar-refractivity contribution in [1.29, 1.82) is 0 Å².